The smallest absolute Gasteiger partial charge is 0.180 e. The summed E-state index contributed by atoms with van der Waals surface area (Å²) in [6.45, 7) is 0. The van der Waals surface area contributed by atoms with Gasteiger partial charge in [0, 0.05) is 25.2 Å². The number of rotatable bonds is 8. The van der Waals surface area contributed by atoms with Gasteiger partial charge < -0.3 is 40.9 Å². The molecule has 8 N–H and O–H groups in total. The van der Waals surface area contributed by atoms with Gasteiger partial charge in [-0.2, -0.15) is 0 Å². The lowest BCUT2D eigenvalue weighted by Crippen LogP contribution is -2.39. The highest BCUT2D eigenvalue weighted by Gasteiger charge is 2.25. The highest BCUT2D eigenvalue weighted by Crippen LogP contribution is 2.08. The van der Waals surface area contributed by atoms with Crippen LogP contribution in [0.15, 0.2) is 12.4 Å². The molecule has 0 aliphatic heterocycles. The Labute approximate surface area is 125 Å². The molecule has 0 spiro atoms. The van der Waals surface area contributed by atoms with Crippen molar-refractivity contribution in [2.24, 2.45) is 0 Å². The van der Waals surface area contributed by atoms with Gasteiger partial charge in [0.05, 0.1) is 23.6 Å². The summed E-state index contributed by atoms with van der Waals surface area (Å²) >= 11 is 0. The van der Waals surface area contributed by atoms with Crippen LogP contribution in [-0.4, -0.2) is 87.8 Å². The minimum absolute atomic E-state index is 0.174. The molecule has 1 aromatic heterocycles. The molecule has 4 atom stereocenters. The van der Waals surface area contributed by atoms with Crippen molar-refractivity contribution in [1.82, 2.24) is 9.97 Å². The topological polar surface area (TPSA) is 188 Å². The molecule has 10 nitrogen and oxygen atoms in total. The van der Waals surface area contributed by atoms with Crippen molar-refractivity contribution in [3.63, 3.8) is 0 Å². The number of aliphatic hydroxyl groups is 8. The monoisotopic (exact) mass is 320 g/mol. The van der Waals surface area contributed by atoms with E-state index >= 15 is 0 Å². The van der Waals surface area contributed by atoms with Crippen LogP contribution in [-0.2, 0) is 12.8 Å². The fourth-order valence-corrected chi connectivity index (χ4v) is 1.66. The molecule has 0 aromatic carbocycles. The van der Waals surface area contributed by atoms with Gasteiger partial charge in [0.15, 0.2) is 12.6 Å². The molecule has 0 saturated heterocycles. The zero-order valence-corrected chi connectivity index (χ0v) is 11.5. The first kappa shape index (κ1) is 18.8. The summed E-state index contributed by atoms with van der Waals surface area (Å²) in [6, 6.07) is 0. The standard InChI is InChI=1S/C12H20N2O8/c15-7(9(17)11(19)20)1-5-3-14-6(4-13-5)2-8(16)10(18)12(21)22/h3-4,7-12,15-22H,1-2H2. The van der Waals surface area contributed by atoms with E-state index < -0.39 is 37.0 Å². The molecule has 126 valence electrons. The zero-order chi connectivity index (χ0) is 16.9. The van der Waals surface area contributed by atoms with Gasteiger partial charge in [0.25, 0.3) is 0 Å². The van der Waals surface area contributed by atoms with E-state index in [1.807, 2.05) is 0 Å². The summed E-state index contributed by atoms with van der Waals surface area (Å²) in [5.41, 5.74) is 0.515. The maximum Gasteiger partial charge on any atom is 0.180 e. The molecule has 0 fully saturated rings. The van der Waals surface area contributed by atoms with Crippen molar-refractivity contribution in [3.05, 3.63) is 23.8 Å². The van der Waals surface area contributed by atoms with Crippen LogP contribution in [0, 0.1) is 0 Å². The largest absolute Gasteiger partial charge is 0.390 e. The molecule has 4 unspecified atom stereocenters. The normalized spacial score (nSPS) is 17.5. The zero-order valence-electron chi connectivity index (χ0n) is 11.5. The van der Waals surface area contributed by atoms with Crippen molar-refractivity contribution in [2.75, 3.05) is 0 Å². The molecular formula is C12H20N2O8. The lowest BCUT2D eigenvalue weighted by atomic mass is 10.1. The minimum Gasteiger partial charge on any atom is -0.390 e. The van der Waals surface area contributed by atoms with E-state index in [4.69, 9.17) is 20.4 Å². The Balaban J connectivity index is 2.60. The van der Waals surface area contributed by atoms with Crippen LogP contribution < -0.4 is 0 Å². The number of hydrogen-bond acceptors (Lipinski definition) is 10. The van der Waals surface area contributed by atoms with E-state index in [-0.39, 0.29) is 24.2 Å². The maximum absolute atomic E-state index is 9.52. The van der Waals surface area contributed by atoms with Gasteiger partial charge in [-0.1, -0.05) is 0 Å². The van der Waals surface area contributed by atoms with Crippen LogP contribution in [0.25, 0.3) is 0 Å². The highest BCUT2D eigenvalue weighted by molar-refractivity contribution is 5.05. The van der Waals surface area contributed by atoms with E-state index in [9.17, 15) is 20.4 Å². The summed E-state index contributed by atoms with van der Waals surface area (Å²) in [6.07, 6.45) is -8.41. The van der Waals surface area contributed by atoms with Gasteiger partial charge in [0.2, 0.25) is 0 Å². The van der Waals surface area contributed by atoms with Crippen LogP contribution in [0.3, 0.4) is 0 Å². The van der Waals surface area contributed by atoms with E-state index in [2.05, 4.69) is 9.97 Å². The Hall–Kier alpha value is -1.24. The molecule has 0 aliphatic rings. The van der Waals surface area contributed by atoms with Crippen LogP contribution in [0.4, 0.5) is 0 Å². The third kappa shape index (κ3) is 5.51. The van der Waals surface area contributed by atoms with Crippen molar-refractivity contribution >= 4 is 0 Å². The molecule has 0 amide bonds. The second-order valence-corrected chi connectivity index (χ2v) is 4.85. The molecule has 1 heterocycles. The Bertz CT molecular complexity index is 400. The number of aromatic nitrogens is 2. The van der Waals surface area contributed by atoms with E-state index in [1.54, 1.807) is 0 Å². The predicted molar refractivity (Wildman–Crippen MR) is 69.9 cm³/mol. The molecule has 10 heteroatoms. The third-order valence-electron chi connectivity index (χ3n) is 2.99. The third-order valence-corrected chi connectivity index (χ3v) is 2.99. The van der Waals surface area contributed by atoms with Crippen molar-refractivity contribution in [2.45, 2.75) is 49.8 Å². The molecule has 0 saturated carbocycles. The van der Waals surface area contributed by atoms with Crippen LogP contribution in [0.5, 0.6) is 0 Å². The molecule has 0 aliphatic carbocycles. The average molecular weight is 320 g/mol. The average Bonchev–Trinajstić information content (AvgIpc) is 2.47. The molecule has 0 radical (unpaired) electrons. The van der Waals surface area contributed by atoms with E-state index in [0.29, 0.717) is 0 Å². The van der Waals surface area contributed by atoms with Crippen molar-refractivity contribution in [1.29, 1.82) is 0 Å². The van der Waals surface area contributed by atoms with E-state index in [0.717, 1.165) is 0 Å². The maximum atomic E-state index is 9.52. The Morgan fingerprint density at radius 3 is 1.18 bits per heavy atom. The summed E-state index contributed by atoms with van der Waals surface area (Å²) < 4.78 is 0. The Kier molecular flexibility index (Phi) is 7.19. The first-order valence-electron chi connectivity index (χ1n) is 6.46. The van der Waals surface area contributed by atoms with Gasteiger partial charge in [-0.15, -0.1) is 0 Å². The second kappa shape index (κ2) is 8.41. The predicted octanol–water partition coefficient (Wildman–Crippen LogP) is -4.37. The second-order valence-electron chi connectivity index (χ2n) is 4.85. The molecule has 0 bridgehead atoms. The fourth-order valence-electron chi connectivity index (χ4n) is 1.66. The number of nitrogens with zero attached hydrogens (tertiary/aromatic N) is 2. The fraction of sp³-hybridized carbons (Fsp3) is 0.667. The summed E-state index contributed by atoms with van der Waals surface area (Å²) in [4.78, 5) is 7.81. The van der Waals surface area contributed by atoms with Crippen LogP contribution >= 0.6 is 0 Å². The van der Waals surface area contributed by atoms with Crippen LogP contribution in [0.1, 0.15) is 11.4 Å². The van der Waals surface area contributed by atoms with Gasteiger partial charge in [-0.25, -0.2) is 0 Å². The number of hydrogen-bond donors (Lipinski definition) is 8. The summed E-state index contributed by atoms with van der Waals surface area (Å²) in [7, 11) is 0. The SMILES string of the molecule is OC(O)C(O)C(O)Cc1cnc(CC(O)C(O)C(O)O)cn1. The highest BCUT2D eigenvalue weighted by atomic mass is 16.5. The first-order chi connectivity index (χ1) is 10.2. The van der Waals surface area contributed by atoms with Crippen molar-refractivity contribution < 1.29 is 40.9 Å². The Morgan fingerprint density at radius 1 is 0.636 bits per heavy atom. The lowest BCUT2D eigenvalue weighted by molar-refractivity contribution is -0.157. The number of aliphatic hydroxyl groups excluding tert-OH is 6. The van der Waals surface area contributed by atoms with Gasteiger partial charge in [-0.3, -0.25) is 9.97 Å². The van der Waals surface area contributed by atoms with Crippen LogP contribution in [0.2, 0.25) is 0 Å². The quantitative estimate of drug-likeness (QED) is 0.217. The molecule has 1 aromatic rings. The van der Waals surface area contributed by atoms with E-state index in [1.165, 1.54) is 12.4 Å². The van der Waals surface area contributed by atoms with Gasteiger partial charge in [0.1, 0.15) is 12.2 Å². The molecule has 22 heavy (non-hydrogen) atoms. The van der Waals surface area contributed by atoms with Gasteiger partial charge >= 0.3 is 0 Å². The van der Waals surface area contributed by atoms with Crippen molar-refractivity contribution in [3.8, 4) is 0 Å². The first-order valence-corrected chi connectivity index (χ1v) is 6.46. The summed E-state index contributed by atoms with van der Waals surface area (Å²) in [5.74, 6) is 0. The lowest BCUT2D eigenvalue weighted by Gasteiger charge is -2.19. The Morgan fingerprint density at radius 2 is 0.955 bits per heavy atom. The molecule has 1 rings (SSSR count). The minimum atomic E-state index is -2.08. The van der Waals surface area contributed by atoms with Gasteiger partial charge in [-0.05, 0) is 0 Å². The summed E-state index contributed by atoms with van der Waals surface area (Å²) in [5, 5.41) is 72.4. The molecular weight excluding hydrogens is 300 g/mol.